The number of nitrogens with zero attached hydrogens (tertiary/aromatic N) is 2. The van der Waals surface area contributed by atoms with Crippen molar-refractivity contribution < 1.29 is 4.79 Å². The number of imidazole rings is 1. The number of rotatable bonds is 4. The smallest absolute Gasteiger partial charge is 0.227 e. The lowest BCUT2D eigenvalue weighted by atomic mass is 10.2. The number of carbonyl (C=O) groups is 1. The molecule has 1 aromatic carbocycles. The summed E-state index contributed by atoms with van der Waals surface area (Å²) in [5.74, 6) is 0.212. The first-order valence-corrected chi connectivity index (χ1v) is 6.45. The van der Waals surface area contributed by atoms with E-state index in [0.29, 0.717) is 13.0 Å². The van der Waals surface area contributed by atoms with Gasteiger partial charge in [0.05, 0.1) is 18.6 Å². The summed E-state index contributed by atoms with van der Waals surface area (Å²) in [4.78, 5) is 20.7. The molecule has 1 amide bonds. The van der Waals surface area contributed by atoms with Gasteiger partial charge >= 0.3 is 0 Å². The molecular formula is C14H16N4O. The third-order valence-corrected chi connectivity index (χ3v) is 3.26. The van der Waals surface area contributed by atoms with Crippen molar-refractivity contribution in [3.05, 3.63) is 42.5 Å². The van der Waals surface area contributed by atoms with Gasteiger partial charge in [-0.25, -0.2) is 4.98 Å². The molecule has 1 aliphatic rings. The Morgan fingerprint density at radius 1 is 1.42 bits per heavy atom. The van der Waals surface area contributed by atoms with Crippen molar-refractivity contribution in [1.29, 1.82) is 0 Å². The monoisotopic (exact) mass is 256 g/mol. The molecule has 2 heterocycles. The van der Waals surface area contributed by atoms with E-state index in [1.54, 1.807) is 6.33 Å². The van der Waals surface area contributed by atoms with Crippen LogP contribution in [0.25, 0.3) is 0 Å². The van der Waals surface area contributed by atoms with E-state index in [0.717, 1.165) is 30.0 Å². The van der Waals surface area contributed by atoms with Gasteiger partial charge in [0, 0.05) is 30.5 Å². The van der Waals surface area contributed by atoms with E-state index in [9.17, 15) is 4.79 Å². The van der Waals surface area contributed by atoms with Crippen molar-refractivity contribution >= 4 is 17.3 Å². The molecule has 5 heteroatoms. The molecule has 1 aliphatic heterocycles. The van der Waals surface area contributed by atoms with Gasteiger partial charge in [0.25, 0.3) is 0 Å². The van der Waals surface area contributed by atoms with Crippen LogP contribution in [0.3, 0.4) is 0 Å². The van der Waals surface area contributed by atoms with Gasteiger partial charge in [-0.2, -0.15) is 0 Å². The van der Waals surface area contributed by atoms with Crippen molar-refractivity contribution in [2.45, 2.75) is 19.4 Å². The SMILES string of the molecule is O=C1CCCN1c1cccc(NCc2c[nH]cn2)c1. The Morgan fingerprint density at radius 2 is 2.37 bits per heavy atom. The third-order valence-electron chi connectivity index (χ3n) is 3.26. The van der Waals surface area contributed by atoms with Gasteiger partial charge in [-0.15, -0.1) is 0 Å². The van der Waals surface area contributed by atoms with Crippen molar-refractivity contribution in [1.82, 2.24) is 9.97 Å². The van der Waals surface area contributed by atoms with Gasteiger partial charge < -0.3 is 15.2 Å². The van der Waals surface area contributed by atoms with E-state index >= 15 is 0 Å². The van der Waals surface area contributed by atoms with Crippen molar-refractivity contribution in [3.8, 4) is 0 Å². The average molecular weight is 256 g/mol. The van der Waals surface area contributed by atoms with Gasteiger partial charge in [0.2, 0.25) is 5.91 Å². The first-order valence-electron chi connectivity index (χ1n) is 6.45. The Bertz CT molecular complexity index is 565. The van der Waals surface area contributed by atoms with E-state index in [4.69, 9.17) is 0 Å². The van der Waals surface area contributed by atoms with E-state index < -0.39 is 0 Å². The largest absolute Gasteiger partial charge is 0.379 e. The highest BCUT2D eigenvalue weighted by Crippen LogP contribution is 2.24. The van der Waals surface area contributed by atoms with Crippen LogP contribution in [0.2, 0.25) is 0 Å². The minimum absolute atomic E-state index is 0.212. The lowest BCUT2D eigenvalue weighted by Crippen LogP contribution is -2.23. The number of nitrogens with one attached hydrogen (secondary N) is 2. The Kier molecular flexibility index (Phi) is 3.18. The van der Waals surface area contributed by atoms with Gasteiger partial charge in [-0.1, -0.05) is 6.07 Å². The summed E-state index contributed by atoms with van der Waals surface area (Å²) in [6.07, 6.45) is 5.13. The summed E-state index contributed by atoms with van der Waals surface area (Å²) in [6, 6.07) is 7.95. The number of carbonyl (C=O) groups excluding carboxylic acids is 1. The molecule has 19 heavy (non-hydrogen) atoms. The molecule has 3 rings (SSSR count). The molecule has 1 aromatic heterocycles. The molecule has 2 N–H and O–H groups in total. The number of benzene rings is 1. The summed E-state index contributed by atoms with van der Waals surface area (Å²) in [7, 11) is 0. The van der Waals surface area contributed by atoms with Crippen LogP contribution in [0, 0.1) is 0 Å². The summed E-state index contributed by atoms with van der Waals surface area (Å²) in [6.45, 7) is 1.49. The van der Waals surface area contributed by atoms with E-state index in [2.05, 4.69) is 15.3 Å². The van der Waals surface area contributed by atoms with Crippen LogP contribution < -0.4 is 10.2 Å². The van der Waals surface area contributed by atoms with Crippen molar-refractivity contribution in [2.24, 2.45) is 0 Å². The van der Waals surface area contributed by atoms with Crippen LogP contribution in [-0.2, 0) is 11.3 Å². The number of anilines is 2. The normalized spacial score (nSPS) is 14.9. The zero-order valence-corrected chi connectivity index (χ0v) is 10.6. The molecule has 5 nitrogen and oxygen atoms in total. The predicted octanol–water partition coefficient (Wildman–Crippen LogP) is 2.15. The zero-order chi connectivity index (χ0) is 13.1. The summed E-state index contributed by atoms with van der Waals surface area (Å²) in [5.41, 5.74) is 2.93. The fourth-order valence-corrected chi connectivity index (χ4v) is 2.29. The van der Waals surface area contributed by atoms with Crippen LogP contribution in [0.1, 0.15) is 18.5 Å². The maximum Gasteiger partial charge on any atom is 0.227 e. The molecule has 0 saturated carbocycles. The van der Waals surface area contributed by atoms with Crippen LogP contribution in [-0.4, -0.2) is 22.4 Å². The maximum atomic E-state index is 11.7. The second kappa shape index (κ2) is 5.14. The fourth-order valence-electron chi connectivity index (χ4n) is 2.29. The van der Waals surface area contributed by atoms with Crippen molar-refractivity contribution in [2.75, 3.05) is 16.8 Å². The molecular weight excluding hydrogens is 240 g/mol. The first kappa shape index (κ1) is 11.8. The Labute approximate surface area is 111 Å². The molecule has 0 aliphatic carbocycles. The Hall–Kier alpha value is -2.30. The molecule has 1 fully saturated rings. The number of amides is 1. The highest BCUT2D eigenvalue weighted by atomic mass is 16.2. The number of aromatic nitrogens is 2. The molecule has 0 bridgehead atoms. The van der Waals surface area contributed by atoms with E-state index in [1.165, 1.54) is 0 Å². The lowest BCUT2D eigenvalue weighted by molar-refractivity contribution is -0.117. The standard InChI is InChI=1S/C14H16N4O/c19-14-5-2-6-18(14)13-4-1-3-11(7-13)16-9-12-8-15-10-17-12/h1,3-4,7-8,10,16H,2,5-6,9H2,(H,15,17). The fraction of sp³-hybridized carbons (Fsp3) is 0.286. The Balaban J connectivity index is 1.71. The molecule has 0 radical (unpaired) electrons. The maximum absolute atomic E-state index is 11.7. The zero-order valence-electron chi connectivity index (χ0n) is 10.6. The molecule has 0 spiro atoms. The minimum Gasteiger partial charge on any atom is -0.379 e. The van der Waals surface area contributed by atoms with E-state index in [-0.39, 0.29) is 5.91 Å². The average Bonchev–Trinajstić information content (AvgIpc) is 3.08. The Morgan fingerprint density at radius 3 is 3.11 bits per heavy atom. The van der Waals surface area contributed by atoms with Gasteiger partial charge in [0.1, 0.15) is 0 Å². The third kappa shape index (κ3) is 2.59. The minimum atomic E-state index is 0.212. The number of aromatic amines is 1. The van der Waals surface area contributed by atoms with Crippen LogP contribution in [0.4, 0.5) is 11.4 Å². The highest BCUT2D eigenvalue weighted by molar-refractivity contribution is 5.95. The summed E-state index contributed by atoms with van der Waals surface area (Å²) >= 11 is 0. The van der Waals surface area contributed by atoms with Crippen LogP contribution in [0.5, 0.6) is 0 Å². The van der Waals surface area contributed by atoms with Gasteiger partial charge in [0.15, 0.2) is 0 Å². The number of H-pyrrole nitrogens is 1. The second-order valence-electron chi connectivity index (χ2n) is 4.61. The highest BCUT2D eigenvalue weighted by Gasteiger charge is 2.21. The second-order valence-corrected chi connectivity index (χ2v) is 4.61. The molecule has 1 saturated heterocycles. The number of hydrogen-bond acceptors (Lipinski definition) is 3. The van der Waals surface area contributed by atoms with E-state index in [1.807, 2.05) is 35.4 Å². The predicted molar refractivity (Wildman–Crippen MR) is 73.9 cm³/mol. The quantitative estimate of drug-likeness (QED) is 0.881. The van der Waals surface area contributed by atoms with Gasteiger partial charge in [-0.3, -0.25) is 4.79 Å². The topological polar surface area (TPSA) is 61.0 Å². The van der Waals surface area contributed by atoms with Crippen molar-refractivity contribution in [3.63, 3.8) is 0 Å². The number of hydrogen-bond donors (Lipinski definition) is 2. The first-order chi connectivity index (χ1) is 9.33. The van der Waals surface area contributed by atoms with Crippen LogP contribution in [0.15, 0.2) is 36.8 Å². The molecule has 98 valence electrons. The van der Waals surface area contributed by atoms with Crippen LogP contribution >= 0.6 is 0 Å². The molecule has 0 unspecified atom stereocenters. The molecule has 0 atom stereocenters. The summed E-state index contributed by atoms with van der Waals surface area (Å²) < 4.78 is 0. The summed E-state index contributed by atoms with van der Waals surface area (Å²) in [5, 5.41) is 3.31. The lowest BCUT2D eigenvalue weighted by Gasteiger charge is -2.16. The van der Waals surface area contributed by atoms with Gasteiger partial charge in [-0.05, 0) is 24.6 Å². The molecule has 2 aromatic rings.